The highest BCUT2D eigenvalue weighted by molar-refractivity contribution is 5.94. The topological polar surface area (TPSA) is 61.2 Å². The molecule has 0 aliphatic rings. The van der Waals surface area contributed by atoms with Gasteiger partial charge in [-0.2, -0.15) is 5.10 Å². The third-order valence-corrected chi connectivity index (χ3v) is 3.48. The fourth-order valence-electron chi connectivity index (χ4n) is 2.34. The van der Waals surface area contributed by atoms with Crippen LogP contribution in [0.3, 0.4) is 0 Å². The van der Waals surface area contributed by atoms with E-state index < -0.39 is 0 Å². The van der Waals surface area contributed by atoms with E-state index in [-0.39, 0.29) is 16.9 Å². The van der Waals surface area contributed by atoms with Crippen molar-refractivity contribution in [2.24, 2.45) is 0 Å². The Hall–Kier alpha value is -2.43. The van der Waals surface area contributed by atoms with Gasteiger partial charge in [-0.05, 0) is 50.1 Å². The van der Waals surface area contributed by atoms with Gasteiger partial charge in [-0.25, -0.2) is 4.68 Å². The minimum Gasteiger partial charge on any atom is -0.496 e. The summed E-state index contributed by atoms with van der Waals surface area (Å²) in [7, 11) is 1.62. The number of ketones is 1. The van der Waals surface area contributed by atoms with Gasteiger partial charge in [0.05, 0.1) is 18.4 Å². The monoisotopic (exact) mass is 300 g/mol. The van der Waals surface area contributed by atoms with Crippen molar-refractivity contribution in [2.75, 3.05) is 7.11 Å². The second-order valence-corrected chi connectivity index (χ2v) is 5.21. The highest BCUT2D eigenvalue weighted by Gasteiger charge is 2.13. The van der Waals surface area contributed by atoms with Gasteiger partial charge in [-0.3, -0.25) is 9.59 Å². The molecule has 0 aliphatic heterocycles. The molecule has 0 N–H and O–H groups in total. The summed E-state index contributed by atoms with van der Waals surface area (Å²) in [6.07, 6.45) is 0.773. The maximum Gasteiger partial charge on any atom is 0.277 e. The maximum atomic E-state index is 12.2. The minimum absolute atomic E-state index is 0.173. The van der Waals surface area contributed by atoms with Gasteiger partial charge in [0, 0.05) is 12.1 Å². The largest absolute Gasteiger partial charge is 0.496 e. The normalized spacial score (nSPS) is 10.5. The summed E-state index contributed by atoms with van der Waals surface area (Å²) in [6, 6.07) is 7.23. The molecule has 0 amide bonds. The first-order valence-electron chi connectivity index (χ1n) is 7.26. The highest BCUT2D eigenvalue weighted by atomic mass is 16.5. The van der Waals surface area contributed by atoms with Crippen molar-refractivity contribution >= 4 is 5.78 Å². The standard InChI is InChI=1S/C17H20N2O3/c1-5-8-19-17(21)14(12(3)20)10-15(18-19)13-6-7-16(22-4)11(2)9-13/h6-7,9-10H,5,8H2,1-4H3. The van der Waals surface area contributed by atoms with E-state index in [1.54, 1.807) is 13.2 Å². The second kappa shape index (κ2) is 6.56. The lowest BCUT2D eigenvalue weighted by atomic mass is 10.1. The number of benzene rings is 1. The predicted octanol–water partition coefficient (Wildman–Crippen LogP) is 2.84. The summed E-state index contributed by atoms with van der Waals surface area (Å²) >= 11 is 0. The molecule has 0 saturated heterocycles. The van der Waals surface area contributed by atoms with Crippen LogP contribution in [0.5, 0.6) is 5.75 Å². The zero-order valence-corrected chi connectivity index (χ0v) is 13.3. The van der Waals surface area contributed by atoms with E-state index in [2.05, 4.69) is 5.10 Å². The van der Waals surface area contributed by atoms with E-state index in [1.165, 1.54) is 11.6 Å². The smallest absolute Gasteiger partial charge is 0.277 e. The van der Waals surface area contributed by atoms with Crippen LogP contribution < -0.4 is 10.3 Å². The summed E-state index contributed by atoms with van der Waals surface area (Å²) in [4.78, 5) is 23.9. The molecular weight excluding hydrogens is 280 g/mol. The molecule has 1 aromatic carbocycles. The first-order valence-corrected chi connectivity index (χ1v) is 7.26. The Balaban J connectivity index is 2.62. The molecule has 0 bridgehead atoms. The average Bonchev–Trinajstić information content (AvgIpc) is 2.49. The zero-order valence-electron chi connectivity index (χ0n) is 13.3. The van der Waals surface area contributed by atoms with Gasteiger partial charge in [0.25, 0.3) is 5.56 Å². The quantitative estimate of drug-likeness (QED) is 0.797. The van der Waals surface area contributed by atoms with Crippen LogP contribution in [0.25, 0.3) is 11.3 Å². The summed E-state index contributed by atoms with van der Waals surface area (Å²) < 4.78 is 6.62. The van der Waals surface area contributed by atoms with Crippen LogP contribution in [-0.4, -0.2) is 22.7 Å². The van der Waals surface area contributed by atoms with Crippen molar-refractivity contribution in [3.05, 3.63) is 45.7 Å². The van der Waals surface area contributed by atoms with Crippen molar-refractivity contribution in [3.8, 4) is 17.0 Å². The highest BCUT2D eigenvalue weighted by Crippen LogP contribution is 2.24. The number of carbonyl (C=O) groups excluding carboxylic acids is 1. The molecule has 0 spiro atoms. The number of nitrogens with zero attached hydrogens (tertiary/aromatic N) is 2. The number of Topliss-reactive ketones (excluding diaryl/α,β-unsaturated/α-hetero) is 1. The number of ether oxygens (including phenoxy) is 1. The van der Waals surface area contributed by atoms with Crippen LogP contribution in [-0.2, 0) is 6.54 Å². The number of hydrogen-bond donors (Lipinski definition) is 0. The van der Waals surface area contributed by atoms with E-state index in [4.69, 9.17) is 4.74 Å². The first-order chi connectivity index (χ1) is 10.5. The number of methoxy groups -OCH3 is 1. The van der Waals surface area contributed by atoms with Crippen LogP contribution in [0.1, 0.15) is 36.2 Å². The molecule has 5 heteroatoms. The molecule has 22 heavy (non-hydrogen) atoms. The van der Waals surface area contributed by atoms with Crippen LogP contribution >= 0.6 is 0 Å². The third-order valence-electron chi connectivity index (χ3n) is 3.48. The van der Waals surface area contributed by atoms with E-state index in [0.717, 1.165) is 23.3 Å². The Labute approximate surface area is 129 Å². The van der Waals surface area contributed by atoms with Crippen LogP contribution in [0.15, 0.2) is 29.1 Å². The molecule has 1 heterocycles. The number of carbonyl (C=O) groups is 1. The van der Waals surface area contributed by atoms with Crippen molar-refractivity contribution < 1.29 is 9.53 Å². The van der Waals surface area contributed by atoms with Crippen LogP contribution in [0.2, 0.25) is 0 Å². The molecule has 116 valence electrons. The van der Waals surface area contributed by atoms with Gasteiger partial charge in [0.2, 0.25) is 0 Å². The molecule has 2 rings (SSSR count). The molecule has 2 aromatic rings. The van der Waals surface area contributed by atoms with E-state index in [0.29, 0.717) is 12.2 Å². The Morgan fingerprint density at radius 2 is 2.05 bits per heavy atom. The molecule has 0 aliphatic carbocycles. The summed E-state index contributed by atoms with van der Waals surface area (Å²) in [5, 5.41) is 4.38. The molecule has 1 aromatic heterocycles. The maximum absolute atomic E-state index is 12.2. The molecule has 0 atom stereocenters. The molecular formula is C17H20N2O3. The lowest BCUT2D eigenvalue weighted by Crippen LogP contribution is -2.28. The van der Waals surface area contributed by atoms with Crippen LogP contribution in [0.4, 0.5) is 0 Å². The van der Waals surface area contributed by atoms with E-state index in [1.807, 2.05) is 32.0 Å². The van der Waals surface area contributed by atoms with Gasteiger partial charge in [0.15, 0.2) is 5.78 Å². The lowest BCUT2D eigenvalue weighted by Gasteiger charge is -2.10. The molecule has 5 nitrogen and oxygen atoms in total. The van der Waals surface area contributed by atoms with E-state index in [9.17, 15) is 9.59 Å². The van der Waals surface area contributed by atoms with Gasteiger partial charge >= 0.3 is 0 Å². The van der Waals surface area contributed by atoms with Gasteiger partial charge in [-0.1, -0.05) is 6.92 Å². The Morgan fingerprint density at radius 1 is 1.32 bits per heavy atom. The zero-order chi connectivity index (χ0) is 16.3. The second-order valence-electron chi connectivity index (χ2n) is 5.21. The fraction of sp³-hybridized carbons (Fsp3) is 0.353. The Kier molecular flexibility index (Phi) is 4.75. The number of aryl methyl sites for hydroxylation is 2. The summed E-state index contributed by atoms with van der Waals surface area (Å²) in [5.74, 6) is 0.543. The van der Waals surface area contributed by atoms with Crippen molar-refractivity contribution in [1.82, 2.24) is 9.78 Å². The van der Waals surface area contributed by atoms with Gasteiger partial charge in [0.1, 0.15) is 5.75 Å². The van der Waals surface area contributed by atoms with Gasteiger partial charge < -0.3 is 4.74 Å². The minimum atomic E-state index is -0.330. The number of rotatable bonds is 5. The molecule has 0 fully saturated rings. The predicted molar refractivity (Wildman–Crippen MR) is 85.5 cm³/mol. The molecule has 0 radical (unpaired) electrons. The van der Waals surface area contributed by atoms with Crippen molar-refractivity contribution in [1.29, 1.82) is 0 Å². The average molecular weight is 300 g/mol. The number of aromatic nitrogens is 2. The summed E-state index contributed by atoms with van der Waals surface area (Å²) in [5.41, 5.74) is 2.28. The Bertz CT molecular complexity index is 763. The lowest BCUT2D eigenvalue weighted by molar-refractivity contribution is 0.101. The third kappa shape index (κ3) is 3.08. The van der Waals surface area contributed by atoms with Crippen molar-refractivity contribution in [2.45, 2.75) is 33.7 Å². The van der Waals surface area contributed by atoms with E-state index >= 15 is 0 Å². The SMILES string of the molecule is CCCn1nc(-c2ccc(OC)c(C)c2)cc(C(C)=O)c1=O. The first kappa shape index (κ1) is 15.9. The summed E-state index contributed by atoms with van der Waals surface area (Å²) in [6.45, 7) is 5.79. The Morgan fingerprint density at radius 3 is 2.59 bits per heavy atom. The fourth-order valence-corrected chi connectivity index (χ4v) is 2.34. The van der Waals surface area contributed by atoms with Gasteiger partial charge in [-0.15, -0.1) is 0 Å². The van der Waals surface area contributed by atoms with Crippen LogP contribution in [0, 0.1) is 6.92 Å². The number of hydrogen-bond acceptors (Lipinski definition) is 4. The molecule has 0 saturated carbocycles. The van der Waals surface area contributed by atoms with Crippen molar-refractivity contribution in [3.63, 3.8) is 0 Å². The molecule has 0 unspecified atom stereocenters.